The van der Waals surface area contributed by atoms with E-state index in [4.69, 9.17) is 11.6 Å². The standard InChI is InChI=1S/C30H38ClN5O/c1-2-27-29(35-15-14-23(31)16-28(35)33-27)30(37)32-17-21-8-10-24(11-9-21)36-20-25-12-13-26(36)19-34(25)18-22-6-4-3-5-7-22/h8-11,14-16,22,25-26H,2-7,12-13,17-20H2,1H3,(H,32,37). The van der Waals surface area contributed by atoms with Gasteiger partial charge in [-0.1, -0.05) is 49.9 Å². The maximum absolute atomic E-state index is 13.1. The Morgan fingerprint density at radius 3 is 2.54 bits per heavy atom. The lowest BCUT2D eigenvalue weighted by molar-refractivity contribution is 0.0721. The van der Waals surface area contributed by atoms with Crippen LogP contribution in [-0.2, 0) is 13.0 Å². The predicted octanol–water partition coefficient (Wildman–Crippen LogP) is 5.71. The van der Waals surface area contributed by atoms with Gasteiger partial charge < -0.3 is 10.2 Å². The van der Waals surface area contributed by atoms with Crippen LogP contribution in [0, 0.1) is 5.92 Å². The number of carbonyl (C=O) groups excluding carboxylic acids is 1. The summed E-state index contributed by atoms with van der Waals surface area (Å²) in [6, 6.07) is 13.7. The number of amides is 1. The third-order valence-corrected chi connectivity index (χ3v) is 9.03. The van der Waals surface area contributed by atoms with Gasteiger partial charge in [0.05, 0.1) is 5.69 Å². The Balaban J connectivity index is 1.07. The number of aromatic nitrogens is 2. The first-order chi connectivity index (χ1) is 18.1. The van der Waals surface area contributed by atoms with E-state index in [1.165, 1.54) is 63.7 Å². The highest BCUT2D eigenvalue weighted by atomic mass is 35.5. The van der Waals surface area contributed by atoms with E-state index in [2.05, 4.69) is 44.4 Å². The van der Waals surface area contributed by atoms with Crippen molar-refractivity contribution in [2.24, 2.45) is 5.92 Å². The van der Waals surface area contributed by atoms with Gasteiger partial charge in [-0.25, -0.2) is 4.98 Å². The van der Waals surface area contributed by atoms with Gasteiger partial charge in [-0.05, 0) is 61.8 Å². The highest BCUT2D eigenvalue weighted by Crippen LogP contribution is 2.35. The second-order valence-electron chi connectivity index (χ2n) is 11.2. The minimum Gasteiger partial charge on any atom is -0.366 e. The van der Waals surface area contributed by atoms with Crippen LogP contribution >= 0.6 is 11.6 Å². The van der Waals surface area contributed by atoms with E-state index in [0.717, 1.165) is 23.7 Å². The van der Waals surface area contributed by atoms with Crippen LogP contribution in [0.25, 0.3) is 5.65 Å². The van der Waals surface area contributed by atoms with Crippen molar-refractivity contribution in [3.05, 3.63) is 64.6 Å². The molecule has 37 heavy (non-hydrogen) atoms. The Morgan fingerprint density at radius 2 is 1.81 bits per heavy atom. The molecule has 5 heterocycles. The first-order valence-electron chi connectivity index (χ1n) is 14.1. The molecule has 2 aromatic heterocycles. The molecule has 1 amide bonds. The topological polar surface area (TPSA) is 52.9 Å². The molecule has 2 unspecified atom stereocenters. The molecule has 0 radical (unpaired) electrons. The van der Waals surface area contributed by atoms with Crippen molar-refractivity contribution in [3.63, 3.8) is 0 Å². The van der Waals surface area contributed by atoms with Gasteiger partial charge in [-0.2, -0.15) is 0 Å². The summed E-state index contributed by atoms with van der Waals surface area (Å²) in [4.78, 5) is 23.1. The number of rotatable bonds is 7. The molecule has 2 atom stereocenters. The van der Waals surface area contributed by atoms with Gasteiger partial charge in [0.15, 0.2) is 0 Å². The number of imidazole rings is 1. The number of nitrogens with one attached hydrogen (secondary N) is 1. The molecule has 1 aromatic carbocycles. The fourth-order valence-electron chi connectivity index (χ4n) is 6.78. The lowest BCUT2D eigenvalue weighted by atomic mass is 9.85. The Kier molecular flexibility index (Phi) is 7.13. The van der Waals surface area contributed by atoms with Gasteiger partial charge >= 0.3 is 0 Å². The number of aryl methyl sites for hydroxylation is 1. The number of anilines is 1. The third kappa shape index (κ3) is 5.10. The van der Waals surface area contributed by atoms with E-state index in [-0.39, 0.29) is 5.91 Å². The van der Waals surface area contributed by atoms with E-state index in [1.807, 2.05) is 17.5 Å². The van der Waals surface area contributed by atoms with Crippen molar-refractivity contribution in [1.82, 2.24) is 19.6 Å². The minimum atomic E-state index is -0.109. The predicted molar refractivity (Wildman–Crippen MR) is 149 cm³/mol. The quantitative estimate of drug-likeness (QED) is 0.434. The van der Waals surface area contributed by atoms with E-state index in [0.29, 0.717) is 41.4 Å². The summed E-state index contributed by atoms with van der Waals surface area (Å²) in [6.45, 7) is 6.17. The number of halogens is 1. The van der Waals surface area contributed by atoms with Crippen LogP contribution in [0.3, 0.4) is 0 Å². The van der Waals surface area contributed by atoms with Crippen LogP contribution in [0.2, 0.25) is 5.02 Å². The van der Waals surface area contributed by atoms with Gasteiger partial charge in [0, 0.05) is 61.2 Å². The van der Waals surface area contributed by atoms with Gasteiger partial charge in [0.2, 0.25) is 0 Å². The molecular weight excluding hydrogens is 482 g/mol. The third-order valence-electron chi connectivity index (χ3n) is 8.79. The molecule has 3 aromatic rings. The fourth-order valence-corrected chi connectivity index (χ4v) is 6.94. The zero-order chi connectivity index (χ0) is 25.4. The van der Waals surface area contributed by atoms with Crippen LogP contribution in [0.15, 0.2) is 42.6 Å². The molecule has 1 aliphatic carbocycles. The zero-order valence-electron chi connectivity index (χ0n) is 21.8. The van der Waals surface area contributed by atoms with Crippen LogP contribution in [0.5, 0.6) is 0 Å². The number of piperazine rings is 1. The molecule has 1 saturated carbocycles. The van der Waals surface area contributed by atoms with E-state index < -0.39 is 0 Å². The number of hydrogen-bond acceptors (Lipinski definition) is 4. The molecule has 4 fully saturated rings. The SMILES string of the molecule is CCc1nc2cc(Cl)ccn2c1C(=O)NCc1ccc(N2CC3CCC2CN3CC2CCCCC2)cc1. The maximum Gasteiger partial charge on any atom is 0.270 e. The first kappa shape index (κ1) is 24.7. The zero-order valence-corrected chi connectivity index (χ0v) is 22.6. The number of pyridine rings is 1. The normalized spacial score (nSPS) is 22.6. The van der Waals surface area contributed by atoms with Crippen molar-refractivity contribution in [2.45, 2.75) is 76.9 Å². The molecule has 4 aliphatic rings. The molecule has 3 aliphatic heterocycles. The Hall–Kier alpha value is -2.57. The molecule has 6 nitrogen and oxygen atoms in total. The average molecular weight is 520 g/mol. The van der Waals surface area contributed by atoms with Crippen LogP contribution < -0.4 is 10.2 Å². The van der Waals surface area contributed by atoms with Gasteiger partial charge in [-0.15, -0.1) is 0 Å². The lowest BCUT2D eigenvalue weighted by Gasteiger charge is -2.53. The molecule has 3 saturated heterocycles. The second kappa shape index (κ2) is 10.7. The second-order valence-corrected chi connectivity index (χ2v) is 11.6. The Bertz CT molecular complexity index is 1250. The maximum atomic E-state index is 13.1. The number of nitrogens with zero attached hydrogens (tertiary/aromatic N) is 4. The van der Waals surface area contributed by atoms with Crippen LogP contribution in [0.1, 0.15) is 73.6 Å². The molecule has 2 bridgehead atoms. The summed E-state index contributed by atoms with van der Waals surface area (Å²) in [5, 5.41) is 3.72. The summed E-state index contributed by atoms with van der Waals surface area (Å²) in [6.07, 6.45) is 12.3. The number of benzene rings is 1. The summed E-state index contributed by atoms with van der Waals surface area (Å²) >= 11 is 6.12. The Morgan fingerprint density at radius 1 is 1.03 bits per heavy atom. The number of piperidine rings is 2. The molecule has 7 rings (SSSR count). The summed E-state index contributed by atoms with van der Waals surface area (Å²) in [5.74, 6) is 0.810. The fraction of sp³-hybridized carbons (Fsp3) is 0.533. The molecule has 7 heteroatoms. The highest BCUT2D eigenvalue weighted by molar-refractivity contribution is 6.30. The summed E-state index contributed by atoms with van der Waals surface area (Å²) in [5.41, 5.74) is 4.50. The monoisotopic (exact) mass is 519 g/mol. The van der Waals surface area contributed by atoms with Crippen molar-refractivity contribution in [2.75, 3.05) is 24.5 Å². The van der Waals surface area contributed by atoms with E-state index in [1.54, 1.807) is 12.1 Å². The number of carbonyl (C=O) groups is 1. The van der Waals surface area contributed by atoms with Crippen LogP contribution in [0.4, 0.5) is 5.69 Å². The first-order valence-corrected chi connectivity index (χ1v) is 14.5. The van der Waals surface area contributed by atoms with Crippen LogP contribution in [-0.4, -0.2) is 51.9 Å². The summed E-state index contributed by atoms with van der Waals surface area (Å²) in [7, 11) is 0. The number of fused-ring (bicyclic) bond motifs is 4. The van der Waals surface area contributed by atoms with Crippen molar-refractivity contribution < 1.29 is 4.79 Å². The number of hydrogen-bond donors (Lipinski definition) is 1. The van der Waals surface area contributed by atoms with E-state index in [9.17, 15) is 4.79 Å². The Labute approximate surface area is 225 Å². The molecule has 0 spiro atoms. The smallest absolute Gasteiger partial charge is 0.270 e. The van der Waals surface area contributed by atoms with E-state index >= 15 is 0 Å². The largest absolute Gasteiger partial charge is 0.366 e. The summed E-state index contributed by atoms with van der Waals surface area (Å²) < 4.78 is 1.83. The van der Waals surface area contributed by atoms with Gasteiger partial charge in [-0.3, -0.25) is 14.1 Å². The minimum absolute atomic E-state index is 0.109. The molecular formula is C30H38ClN5O. The van der Waals surface area contributed by atoms with Crippen molar-refractivity contribution >= 4 is 28.8 Å². The average Bonchev–Trinajstić information content (AvgIpc) is 3.31. The highest BCUT2D eigenvalue weighted by Gasteiger charge is 2.39. The van der Waals surface area contributed by atoms with Gasteiger partial charge in [0.1, 0.15) is 11.3 Å². The molecule has 196 valence electrons. The van der Waals surface area contributed by atoms with Crippen molar-refractivity contribution in [1.29, 1.82) is 0 Å². The molecule has 1 N–H and O–H groups in total. The van der Waals surface area contributed by atoms with Crippen molar-refractivity contribution in [3.8, 4) is 0 Å². The lowest BCUT2D eigenvalue weighted by Crippen LogP contribution is -2.63. The van der Waals surface area contributed by atoms with Gasteiger partial charge in [0.25, 0.3) is 5.91 Å².